The fraction of sp³-hybridized carbons (Fsp3) is 0.250. The van der Waals surface area contributed by atoms with Gasteiger partial charge in [-0.15, -0.1) is 11.3 Å². The van der Waals surface area contributed by atoms with E-state index in [0.717, 1.165) is 5.56 Å². The number of alkyl halides is 3. The van der Waals surface area contributed by atoms with Crippen LogP contribution in [0.25, 0.3) is 0 Å². The Morgan fingerprint density at radius 3 is 2.53 bits per heavy atom. The maximum absolute atomic E-state index is 12.6. The van der Waals surface area contributed by atoms with Gasteiger partial charge in [0.25, 0.3) is 0 Å². The topological polar surface area (TPSA) is 24.9 Å². The highest BCUT2D eigenvalue weighted by Crippen LogP contribution is 2.37. The number of thiazole rings is 1. The van der Waals surface area contributed by atoms with Crippen molar-refractivity contribution in [3.05, 3.63) is 50.9 Å². The van der Waals surface area contributed by atoms with E-state index < -0.39 is 17.2 Å². The molecule has 0 fully saturated rings. The molecule has 1 N–H and O–H groups in total. The van der Waals surface area contributed by atoms with Crippen LogP contribution in [-0.2, 0) is 6.18 Å². The van der Waals surface area contributed by atoms with Gasteiger partial charge in [-0.2, -0.15) is 13.2 Å². The molecular formula is C12H10ClF3N2S. The van der Waals surface area contributed by atoms with Gasteiger partial charge in [0.15, 0.2) is 5.01 Å². The second-order valence-electron chi connectivity index (χ2n) is 3.81. The fourth-order valence-electron chi connectivity index (χ4n) is 1.71. The van der Waals surface area contributed by atoms with Gasteiger partial charge >= 0.3 is 6.18 Å². The third-order valence-corrected chi connectivity index (χ3v) is 4.01. The number of hydrogen-bond acceptors (Lipinski definition) is 3. The second-order valence-corrected chi connectivity index (χ2v) is 5.28. The van der Waals surface area contributed by atoms with Crippen molar-refractivity contribution in [2.24, 2.45) is 0 Å². The number of nitrogens with zero attached hydrogens (tertiary/aromatic N) is 1. The average molecular weight is 307 g/mol. The molecule has 102 valence electrons. The molecule has 1 aromatic carbocycles. The monoisotopic (exact) mass is 306 g/mol. The Morgan fingerprint density at radius 2 is 2.00 bits per heavy atom. The van der Waals surface area contributed by atoms with Crippen molar-refractivity contribution in [3.8, 4) is 0 Å². The van der Waals surface area contributed by atoms with Crippen LogP contribution in [0.5, 0.6) is 0 Å². The van der Waals surface area contributed by atoms with E-state index in [0.29, 0.717) is 21.2 Å². The van der Waals surface area contributed by atoms with Crippen LogP contribution in [0.15, 0.2) is 30.5 Å². The van der Waals surface area contributed by atoms with Crippen molar-refractivity contribution in [3.63, 3.8) is 0 Å². The minimum Gasteiger partial charge on any atom is -0.309 e. The molecular weight excluding hydrogens is 297 g/mol. The fourth-order valence-corrected chi connectivity index (χ4v) is 2.87. The maximum Gasteiger partial charge on any atom is 0.443 e. The van der Waals surface area contributed by atoms with E-state index in [1.54, 1.807) is 31.3 Å². The summed E-state index contributed by atoms with van der Waals surface area (Å²) in [5.74, 6) is 0. The Bertz CT molecular complexity index is 568. The molecule has 19 heavy (non-hydrogen) atoms. The van der Waals surface area contributed by atoms with Crippen molar-refractivity contribution < 1.29 is 13.2 Å². The van der Waals surface area contributed by atoms with Crippen molar-refractivity contribution in [2.75, 3.05) is 7.05 Å². The molecule has 0 radical (unpaired) electrons. The standard InChI is InChI=1S/C12H10ClF3N2S/c1-17-10(7-4-2-3-5-8(7)13)9-6-18-11(19-9)12(14,15)16/h2-6,10,17H,1H3. The van der Waals surface area contributed by atoms with Crippen molar-refractivity contribution >= 4 is 22.9 Å². The van der Waals surface area contributed by atoms with E-state index >= 15 is 0 Å². The van der Waals surface area contributed by atoms with Gasteiger partial charge in [-0.25, -0.2) is 4.98 Å². The van der Waals surface area contributed by atoms with Crippen LogP contribution >= 0.6 is 22.9 Å². The highest BCUT2D eigenvalue weighted by molar-refractivity contribution is 7.11. The quantitative estimate of drug-likeness (QED) is 0.922. The van der Waals surface area contributed by atoms with Crippen molar-refractivity contribution in [1.82, 2.24) is 10.3 Å². The summed E-state index contributed by atoms with van der Waals surface area (Å²) in [7, 11) is 1.67. The summed E-state index contributed by atoms with van der Waals surface area (Å²) in [6.45, 7) is 0. The van der Waals surface area contributed by atoms with E-state index in [-0.39, 0.29) is 0 Å². The predicted molar refractivity (Wildman–Crippen MR) is 69.5 cm³/mol. The van der Waals surface area contributed by atoms with Crippen LogP contribution in [0.1, 0.15) is 21.5 Å². The van der Waals surface area contributed by atoms with Gasteiger partial charge in [0.2, 0.25) is 0 Å². The summed E-state index contributed by atoms with van der Waals surface area (Å²) < 4.78 is 37.7. The largest absolute Gasteiger partial charge is 0.443 e. The Hall–Kier alpha value is -1.11. The smallest absolute Gasteiger partial charge is 0.309 e. The first-order chi connectivity index (χ1) is 8.93. The molecule has 7 heteroatoms. The van der Waals surface area contributed by atoms with Crippen LogP contribution in [0.3, 0.4) is 0 Å². The summed E-state index contributed by atoms with van der Waals surface area (Å²) in [5.41, 5.74) is 0.726. The average Bonchev–Trinajstić information content (AvgIpc) is 2.82. The molecule has 0 aliphatic rings. The number of halogens is 4. The third-order valence-electron chi connectivity index (χ3n) is 2.56. The van der Waals surface area contributed by atoms with Crippen LogP contribution in [0.2, 0.25) is 5.02 Å². The summed E-state index contributed by atoms with van der Waals surface area (Å²) in [6, 6.07) is 6.63. The molecule has 0 amide bonds. The normalized spacial score (nSPS) is 13.5. The minimum atomic E-state index is -4.41. The lowest BCUT2D eigenvalue weighted by Crippen LogP contribution is -2.16. The van der Waals surface area contributed by atoms with E-state index in [1.165, 1.54) is 6.20 Å². The molecule has 2 rings (SSSR count). The van der Waals surface area contributed by atoms with Gasteiger partial charge in [0, 0.05) is 16.1 Å². The maximum atomic E-state index is 12.6. The summed E-state index contributed by atoms with van der Waals surface area (Å²) >= 11 is 6.69. The van der Waals surface area contributed by atoms with Crippen LogP contribution in [0.4, 0.5) is 13.2 Å². The minimum absolute atomic E-state index is 0.401. The molecule has 0 aliphatic carbocycles. The lowest BCUT2D eigenvalue weighted by molar-refractivity contribution is -0.137. The zero-order chi connectivity index (χ0) is 14.0. The zero-order valence-corrected chi connectivity index (χ0v) is 11.4. The Labute approximate surface area is 117 Å². The number of hydrogen-bond donors (Lipinski definition) is 1. The number of aromatic nitrogens is 1. The van der Waals surface area contributed by atoms with E-state index in [2.05, 4.69) is 10.3 Å². The highest BCUT2D eigenvalue weighted by atomic mass is 35.5. The van der Waals surface area contributed by atoms with Gasteiger partial charge in [0.05, 0.1) is 6.04 Å². The number of nitrogens with one attached hydrogen (secondary N) is 1. The first-order valence-corrected chi connectivity index (χ1v) is 6.57. The van der Waals surface area contributed by atoms with Gasteiger partial charge in [0.1, 0.15) is 0 Å². The number of benzene rings is 1. The molecule has 1 unspecified atom stereocenters. The summed E-state index contributed by atoms with van der Waals surface area (Å²) in [6.07, 6.45) is -3.18. The first kappa shape index (κ1) is 14.3. The van der Waals surface area contributed by atoms with Crippen molar-refractivity contribution in [1.29, 1.82) is 0 Å². The highest BCUT2D eigenvalue weighted by Gasteiger charge is 2.35. The van der Waals surface area contributed by atoms with E-state index in [1.807, 2.05) is 0 Å². The lowest BCUT2D eigenvalue weighted by atomic mass is 10.1. The molecule has 1 heterocycles. The molecule has 0 bridgehead atoms. The Morgan fingerprint density at radius 1 is 1.32 bits per heavy atom. The van der Waals surface area contributed by atoms with Crippen molar-refractivity contribution in [2.45, 2.75) is 12.2 Å². The van der Waals surface area contributed by atoms with Crippen LogP contribution in [-0.4, -0.2) is 12.0 Å². The molecule has 1 aromatic heterocycles. The van der Waals surface area contributed by atoms with Gasteiger partial charge < -0.3 is 5.32 Å². The molecule has 0 aliphatic heterocycles. The van der Waals surface area contributed by atoms with Gasteiger partial charge in [-0.1, -0.05) is 29.8 Å². The van der Waals surface area contributed by atoms with Crippen LogP contribution in [0, 0.1) is 0 Å². The number of rotatable bonds is 3. The SMILES string of the molecule is CNC(c1cnc(C(F)(F)F)s1)c1ccccc1Cl. The zero-order valence-electron chi connectivity index (χ0n) is 9.83. The first-order valence-electron chi connectivity index (χ1n) is 5.38. The summed E-state index contributed by atoms with van der Waals surface area (Å²) in [4.78, 5) is 3.90. The van der Waals surface area contributed by atoms with E-state index in [4.69, 9.17) is 11.6 Å². The van der Waals surface area contributed by atoms with Gasteiger partial charge in [-0.05, 0) is 18.7 Å². The summed E-state index contributed by atoms with van der Waals surface area (Å²) in [5, 5.41) is 2.61. The molecule has 0 saturated carbocycles. The molecule has 0 saturated heterocycles. The van der Waals surface area contributed by atoms with Gasteiger partial charge in [-0.3, -0.25) is 0 Å². The predicted octanol–water partition coefficient (Wildman–Crippen LogP) is 4.12. The molecule has 2 nitrogen and oxygen atoms in total. The van der Waals surface area contributed by atoms with Crippen LogP contribution < -0.4 is 5.32 Å². The van der Waals surface area contributed by atoms with E-state index in [9.17, 15) is 13.2 Å². The molecule has 0 spiro atoms. The molecule has 2 aromatic rings. The second kappa shape index (κ2) is 5.48. The molecule has 1 atom stereocenters. The Kier molecular flexibility index (Phi) is 4.13. The Balaban J connectivity index is 2.38. The lowest BCUT2D eigenvalue weighted by Gasteiger charge is -2.15. The third kappa shape index (κ3) is 3.08.